The number of anilines is 1. The molecule has 23 heavy (non-hydrogen) atoms. The number of nitrogens with one attached hydrogen (secondary N) is 2. The van der Waals surface area contributed by atoms with Crippen molar-refractivity contribution in [1.82, 2.24) is 5.32 Å². The first kappa shape index (κ1) is 17.2. The number of amides is 1. The first-order chi connectivity index (χ1) is 11.1. The molecule has 1 amide bonds. The van der Waals surface area contributed by atoms with Crippen LogP contribution in [0, 0.1) is 0 Å². The highest BCUT2D eigenvalue weighted by Gasteiger charge is 2.10. The molecule has 0 atom stereocenters. The highest BCUT2D eigenvalue weighted by Crippen LogP contribution is 2.17. The van der Waals surface area contributed by atoms with Gasteiger partial charge in [-0.3, -0.25) is 10.1 Å². The molecule has 0 unspecified atom stereocenters. The second-order valence-electron chi connectivity index (χ2n) is 4.51. The van der Waals surface area contributed by atoms with Crippen LogP contribution in [0.1, 0.15) is 10.4 Å². The first-order valence-corrected chi connectivity index (χ1v) is 8.01. The topological polar surface area (TPSA) is 50.4 Å². The van der Waals surface area contributed by atoms with Gasteiger partial charge in [-0.1, -0.05) is 24.8 Å². The van der Waals surface area contributed by atoms with E-state index in [0.717, 1.165) is 11.4 Å². The van der Waals surface area contributed by atoms with Gasteiger partial charge in [0.15, 0.2) is 5.11 Å². The average Bonchev–Trinajstić information content (AvgIpc) is 2.54. The van der Waals surface area contributed by atoms with Gasteiger partial charge in [0.2, 0.25) is 0 Å². The van der Waals surface area contributed by atoms with Crippen LogP contribution in [0.15, 0.2) is 65.7 Å². The highest BCUT2D eigenvalue weighted by atomic mass is 79.9. The third-order valence-corrected chi connectivity index (χ3v) is 3.72. The summed E-state index contributed by atoms with van der Waals surface area (Å²) in [5, 5.41) is 5.82. The van der Waals surface area contributed by atoms with Crippen LogP contribution < -0.4 is 15.4 Å². The Kier molecular flexibility index (Phi) is 6.31. The average molecular weight is 391 g/mol. The van der Waals surface area contributed by atoms with E-state index in [0.29, 0.717) is 16.6 Å². The largest absolute Gasteiger partial charge is 0.490 e. The number of carbonyl (C=O) groups excluding carboxylic acids is 1. The fraction of sp³-hybridized carbons (Fsp3) is 0.0588. The zero-order valence-electron chi connectivity index (χ0n) is 12.2. The predicted octanol–water partition coefficient (Wildman–Crippen LogP) is 4.14. The normalized spacial score (nSPS) is 9.78. The number of halogens is 1. The van der Waals surface area contributed by atoms with Crippen LogP contribution in [0.2, 0.25) is 0 Å². The maximum Gasteiger partial charge on any atom is 0.258 e. The van der Waals surface area contributed by atoms with E-state index in [4.69, 9.17) is 17.0 Å². The van der Waals surface area contributed by atoms with Gasteiger partial charge in [0.1, 0.15) is 12.4 Å². The number of ether oxygens (including phenoxy) is 1. The molecule has 0 saturated heterocycles. The zero-order chi connectivity index (χ0) is 16.7. The van der Waals surface area contributed by atoms with Gasteiger partial charge in [0.25, 0.3) is 5.91 Å². The fourth-order valence-corrected chi connectivity index (χ4v) is 2.44. The molecular formula is C17H15BrN2O2S. The van der Waals surface area contributed by atoms with E-state index >= 15 is 0 Å². The molecule has 0 heterocycles. The number of rotatable bonds is 5. The van der Waals surface area contributed by atoms with Crippen LogP contribution in [0.4, 0.5) is 5.69 Å². The first-order valence-electron chi connectivity index (χ1n) is 6.81. The van der Waals surface area contributed by atoms with Crippen LogP contribution in [0.5, 0.6) is 5.75 Å². The number of carbonyl (C=O) groups is 1. The van der Waals surface area contributed by atoms with Gasteiger partial charge in [-0.15, -0.1) is 0 Å². The van der Waals surface area contributed by atoms with Crippen molar-refractivity contribution in [3.05, 3.63) is 71.2 Å². The Labute approximate surface area is 148 Å². The molecule has 118 valence electrons. The molecule has 0 aromatic heterocycles. The molecular weight excluding hydrogens is 376 g/mol. The number of hydrogen-bond acceptors (Lipinski definition) is 3. The summed E-state index contributed by atoms with van der Waals surface area (Å²) in [6.07, 6.45) is 1.68. The molecule has 6 heteroatoms. The second-order valence-corrected chi connectivity index (χ2v) is 5.77. The van der Waals surface area contributed by atoms with Crippen molar-refractivity contribution in [2.24, 2.45) is 0 Å². The molecule has 0 aliphatic heterocycles. The van der Waals surface area contributed by atoms with E-state index < -0.39 is 0 Å². The molecule has 2 N–H and O–H groups in total. The van der Waals surface area contributed by atoms with Crippen LogP contribution in [-0.2, 0) is 0 Å². The maximum atomic E-state index is 12.1. The van der Waals surface area contributed by atoms with Crippen molar-refractivity contribution < 1.29 is 9.53 Å². The summed E-state index contributed by atoms with van der Waals surface area (Å²) in [5.41, 5.74) is 1.28. The van der Waals surface area contributed by atoms with Crippen molar-refractivity contribution in [1.29, 1.82) is 0 Å². The molecule has 2 aromatic rings. The van der Waals surface area contributed by atoms with E-state index in [9.17, 15) is 4.79 Å². The summed E-state index contributed by atoms with van der Waals surface area (Å²) in [7, 11) is 0. The Morgan fingerprint density at radius 1 is 1.22 bits per heavy atom. The molecule has 0 radical (unpaired) electrons. The van der Waals surface area contributed by atoms with Crippen molar-refractivity contribution in [2.45, 2.75) is 0 Å². The number of benzene rings is 2. The summed E-state index contributed by atoms with van der Waals surface area (Å²) in [5.74, 6) is 0.458. The van der Waals surface area contributed by atoms with Gasteiger partial charge in [-0.25, -0.2) is 0 Å². The Morgan fingerprint density at radius 3 is 2.57 bits per heavy atom. The molecule has 0 aliphatic carbocycles. The number of hydrogen-bond donors (Lipinski definition) is 2. The fourth-order valence-electron chi connectivity index (χ4n) is 1.77. The summed E-state index contributed by atoms with van der Waals surface area (Å²) in [6.45, 7) is 4.04. The quantitative estimate of drug-likeness (QED) is 0.594. The summed E-state index contributed by atoms with van der Waals surface area (Å²) in [4.78, 5) is 12.1. The summed E-state index contributed by atoms with van der Waals surface area (Å²) in [6, 6.07) is 14.4. The van der Waals surface area contributed by atoms with Crippen LogP contribution in [0.3, 0.4) is 0 Å². The third-order valence-electron chi connectivity index (χ3n) is 2.83. The van der Waals surface area contributed by atoms with Crippen molar-refractivity contribution in [2.75, 3.05) is 11.9 Å². The molecule has 2 aromatic carbocycles. The van der Waals surface area contributed by atoms with Crippen molar-refractivity contribution >= 4 is 44.9 Å². The minimum Gasteiger partial charge on any atom is -0.490 e. The molecule has 2 rings (SSSR count). The highest BCUT2D eigenvalue weighted by molar-refractivity contribution is 9.10. The molecule has 4 nitrogen and oxygen atoms in total. The van der Waals surface area contributed by atoms with E-state index in [1.54, 1.807) is 24.3 Å². The van der Waals surface area contributed by atoms with Crippen molar-refractivity contribution in [3.63, 3.8) is 0 Å². The van der Waals surface area contributed by atoms with Crippen LogP contribution in [0.25, 0.3) is 0 Å². The van der Waals surface area contributed by atoms with Gasteiger partial charge in [0.05, 0.1) is 5.56 Å². The Bertz CT molecular complexity index is 717. The Hall–Kier alpha value is -2.18. The van der Waals surface area contributed by atoms with E-state index in [-0.39, 0.29) is 11.0 Å². The lowest BCUT2D eigenvalue weighted by atomic mass is 10.2. The van der Waals surface area contributed by atoms with E-state index in [1.165, 1.54) is 0 Å². The predicted molar refractivity (Wildman–Crippen MR) is 100.0 cm³/mol. The molecule has 0 aliphatic rings. The van der Waals surface area contributed by atoms with Crippen molar-refractivity contribution in [3.8, 4) is 5.75 Å². The van der Waals surface area contributed by atoms with Gasteiger partial charge in [-0.05, 0) is 64.5 Å². The van der Waals surface area contributed by atoms with Gasteiger partial charge >= 0.3 is 0 Å². The van der Waals surface area contributed by atoms with Crippen LogP contribution >= 0.6 is 28.1 Å². The SMILES string of the molecule is C=CCOc1ccc(NC(=S)NC(=O)c2ccccc2Br)cc1. The molecule has 0 fully saturated rings. The lowest BCUT2D eigenvalue weighted by Crippen LogP contribution is -2.34. The van der Waals surface area contributed by atoms with Crippen LogP contribution in [-0.4, -0.2) is 17.6 Å². The lowest BCUT2D eigenvalue weighted by molar-refractivity contribution is 0.0977. The molecule has 0 spiro atoms. The standard InChI is InChI=1S/C17H15BrN2O2S/c1-2-11-22-13-9-7-12(8-10-13)19-17(23)20-16(21)14-5-3-4-6-15(14)18/h2-10H,1,11H2,(H2,19,20,21,23). The summed E-state index contributed by atoms with van der Waals surface area (Å²) >= 11 is 8.49. The van der Waals surface area contributed by atoms with Gasteiger partial charge < -0.3 is 10.1 Å². The Morgan fingerprint density at radius 2 is 1.91 bits per heavy atom. The number of thiocarbonyl (C=S) groups is 1. The third kappa shape index (κ3) is 5.19. The maximum absolute atomic E-state index is 12.1. The monoisotopic (exact) mass is 390 g/mol. The second kappa shape index (κ2) is 8.45. The summed E-state index contributed by atoms with van der Waals surface area (Å²) < 4.78 is 6.11. The van der Waals surface area contributed by atoms with E-state index in [2.05, 4.69) is 33.1 Å². The zero-order valence-corrected chi connectivity index (χ0v) is 14.6. The minimum atomic E-state index is -0.277. The smallest absolute Gasteiger partial charge is 0.258 e. The molecule has 0 bridgehead atoms. The minimum absolute atomic E-state index is 0.227. The lowest BCUT2D eigenvalue weighted by Gasteiger charge is -2.11. The molecule has 0 saturated carbocycles. The Balaban J connectivity index is 1.93. The van der Waals surface area contributed by atoms with E-state index in [1.807, 2.05) is 30.3 Å². The van der Waals surface area contributed by atoms with Gasteiger partial charge in [-0.2, -0.15) is 0 Å². The van der Waals surface area contributed by atoms with Gasteiger partial charge in [0, 0.05) is 10.2 Å².